The van der Waals surface area contributed by atoms with Crippen molar-refractivity contribution in [3.8, 4) is 16.9 Å². The topological polar surface area (TPSA) is 91.9 Å². The molecular weight excluding hydrogens is 472 g/mol. The van der Waals surface area contributed by atoms with Gasteiger partial charge in [0.25, 0.3) is 0 Å². The van der Waals surface area contributed by atoms with Crippen LogP contribution in [0.2, 0.25) is 0 Å². The second-order valence-electron chi connectivity index (χ2n) is 9.08. The standard InChI is InChI=1S/C28H30N4O3S/c1-19-30-25-16-23(8-10-27(25)36-19)35-18-22(33)17-31-11-13-32(14-12-31)26-9-7-21(28(29)34)15-24(26)20-5-3-2-4-6-20/h2-10,15-16,22,33H,11-14,17-18H2,1H3,(H2,29,34). The van der Waals surface area contributed by atoms with Crippen molar-refractivity contribution in [2.24, 2.45) is 5.73 Å². The second kappa shape index (κ2) is 10.7. The number of piperazine rings is 1. The van der Waals surface area contributed by atoms with Crippen molar-refractivity contribution in [2.45, 2.75) is 13.0 Å². The third kappa shape index (κ3) is 5.51. The number of carbonyl (C=O) groups is 1. The van der Waals surface area contributed by atoms with Crippen LogP contribution in [0.5, 0.6) is 5.75 Å². The Morgan fingerprint density at radius 1 is 1.08 bits per heavy atom. The van der Waals surface area contributed by atoms with Crippen LogP contribution in [0.1, 0.15) is 15.4 Å². The fraction of sp³-hybridized carbons (Fsp3) is 0.286. The average Bonchev–Trinajstić information content (AvgIpc) is 3.27. The maximum absolute atomic E-state index is 11.8. The summed E-state index contributed by atoms with van der Waals surface area (Å²) in [6.45, 7) is 6.08. The molecule has 2 heterocycles. The van der Waals surface area contributed by atoms with E-state index in [0.29, 0.717) is 12.1 Å². The van der Waals surface area contributed by atoms with Gasteiger partial charge in [0, 0.05) is 55.6 Å². The van der Waals surface area contributed by atoms with E-state index in [2.05, 4.69) is 14.8 Å². The first-order valence-electron chi connectivity index (χ1n) is 12.1. The number of aliphatic hydroxyl groups excluding tert-OH is 1. The van der Waals surface area contributed by atoms with Crippen LogP contribution in [-0.4, -0.2) is 66.3 Å². The monoisotopic (exact) mass is 502 g/mol. The first-order valence-corrected chi connectivity index (χ1v) is 12.9. The van der Waals surface area contributed by atoms with E-state index in [9.17, 15) is 9.90 Å². The van der Waals surface area contributed by atoms with Gasteiger partial charge in [-0.2, -0.15) is 0 Å². The summed E-state index contributed by atoms with van der Waals surface area (Å²) >= 11 is 1.66. The summed E-state index contributed by atoms with van der Waals surface area (Å²) in [6, 6.07) is 21.6. The summed E-state index contributed by atoms with van der Waals surface area (Å²) in [7, 11) is 0. The van der Waals surface area contributed by atoms with E-state index in [1.807, 2.05) is 67.6 Å². The number of aliphatic hydroxyl groups is 1. The number of aromatic nitrogens is 1. The smallest absolute Gasteiger partial charge is 0.248 e. The van der Waals surface area contributed by atoms with Crippen LogP contribution in [-0.2, 0) is 0 Å². The molecule has 0 bridgehead atoms. The molecule has 1 unspecified atom stereocenters. The van der Waals surface area contributed by atoms with Crippen LogP contribution in [0.15, 0.2) is 66.7 Å². The largest absolute Gasteiger partial charge is 0.491 e. The van der Waals surface area contributed by atoms with Gasteiger partial charge in [-0.3, -0.25) is 9.69 Å². The number of hydrogen-bond acceptors (Lipinski definition) is 7. The quantitative estimate of drug-likeness (QED) is 0.379. The van der Waals surface area contributed by atoms with Crippen molar-refractivity contribution in [3.63, 3.8) is 0 Å². The van der Waals surface area contributed by atoms with Gasteiger partial charge in [-0.05, 0) is 42.8 Å². The third-order valence-electron chi connectivity index (χ3n) is 6.46. The molecular formula is C28H30N4O3S. The molecule has 1 atom stereocenters. The molecule has 0 radical (unpaired) electrons. The van der Waals surface area contributed by atoms with Gasteiger partial charge in [-0.1, -0.05) is 30.3 Å². The number of primary amides is 1. The molecule has 1 saturated heterocycles. The van der Waals surface area contributed by atoms with Gasteiger partial charge in [0.1, 0.15) is 18.5 Å². The third-order valence-corrected chi connectivity index (χ3v) is 7.41. The molecule has 0 aliphatic carbocycles. The molecule has 3 N–H and O–H groups in total. The molecule has 3 aromatic carbocycles. The number of amides is 1. The summed E-state index contributed by atoms with van der Waals surface area (Å²) in [4.78, 5) is 20.9. The highest BCUT2D eigenvalue weighted by Crippen LogP contribution is 2.32. The predicted molar refractivity (Wildman–Crippen MR) is 145 cm³/mol. The van der Waals surface area contributed by atoms with E-state index in [0.717, 1.165) is 64.0 Å². The first kappa shape index (κ1) is 24.2. The Balaban J connectivity index is 1.18. The van der Waals surface area contributed by atoms with Gasteiger partial charge in [-0.15, -0.1) is 11.3 Å². The van der Waals surface area contributed by atoms with Gasteiger partial charge < -0.3 is 20.5 Å². The Kier molecular flexibility index (Phi) is 7.18. The average molecular weight is 503 g/mol. The zero-order valence-electron chi connectivity index (χ0n) is 20.3. The lowest BCUT2D eigenvalue weighted by molar-refractivity contribution is 0.0663. The number of nitrogens with two attached hydrogens (primary N) is 1. The number of fused-ring (bicyclic) bond motifs is 1. The van der Waals surface area contributed by atoms with Crippen LogP contribution in [0.25, 0.3) is 21.3 Å². The molecule has 0 spiro atoms. The SMILES string of the molecule is Cc1nc2cc(OCC(O)CN3CCN(c4ccc(C(N)=O)cc4-c4ccccc4)CC3)ccc2s1. The number of nitrogens with zero attached hydrogens (tertiary/aromatic N) is 3. The fourth-order valence-electron chi connectivity index (χ4n) is 4.64. The minimum atomic E-state index is -0.584. The van der Waals surface area contributed by atoms with Gasteiger partial charge in [0.2, 0.25) is 5.91 Å². The Hall–Kier alpha value is -3.46. The number of benzene rings is 3. The van der Waals surface area contributed by atoms with Crippen LogP contribution < -0.4 is 15.4 Å². The lowest BCUT2D eigenvalue weighted by Crippen LogP contribution is -2.49. The Labute approximate surface area is 214 Å². The number of β-amino-alcohol motifs (C(OH)–C–C–N with tert-alkyl or cyclic N) is 1. The molecule has 0 saturated carbocycles. The maximum Gasteiger partial charge on any atom is 0.248 e. The van der Waals surface area contributed by atoms with Crippen molar-refractivity contribution in [2.75, 3.05) is 44.2 Å². The van der Waals surface area contributed by atoms with Gasteiger partial charge in [0.05, 0.1) is 15.2 Å². The molecule has 4 aromatic rings. The van der Waals surface area contributed by atoms with Gasteiger partial charge in [0.15, 0.2) is 0 Å². The summed E-state index contributed by atoms with van der Waals surface area (Å²) in [5, 5.41) is 11.6. The summed E-state index contributed by atoms with van der Waals surface area (Å²) in [6.07, 6.45) is -0.584. The highest BCUT2D eigenvalue weighted by molar-refractivity contribution is 7.18. The lowest BCUT2D eigenvalue weighted by atomic mass is 9.99. The van der Waals surface area contributed by atoms with E-state index in [4.69, 9.17) is 10.5 Å². The van der Waals surface area contributed by atoms with Crippen molar-refractivity contribution < 1.29 is 14.6 Å². The summed E-state index contributed by atoms with van der Waals surface area (Å²) < 4.78 is 6.99. The molecule has 1 aromatic heterocycles. The molecule has 5 rings (SSSR count). The minimum Gasteiger partial charge on any atom is -0.491 e. The number of ether oxygens (including phenoxy) is 1. The maximum atomic E-state index is 11.8. The van der Waals surface area contributed by atoms with Crippen LogP contribution in [0.4, 0.5) is 5.69 Å². The van der Waals surface area contributed by atoms with Crippen LogP contribution >= 0.6 is 11.3 Å². The van der Waals surface area contributed by atoms with E-state index >= 15 is 0 Å². The molecule has 186 valence electrons. The second-order valence-corrected chi connectivity index (χ2v) is 10.3. The number of anilines is 1. The Morgan fingerprint density at radius 3 is 2.61 bits per heavy atom. The molecule has 7 nitrogen and oxygen atoms in total. The lowest BCUT2D eigenvalue weighted by Gasteiger charge is -2.37. The van der Waals surface area contributed by atoms with E-state index in [1.54, 1.807) is 17.4 Å². The normalized spacial score (nSPS) is 15.2. The fourth-order valence-corrected chi connectivity index (χ4v) is 5.45. The van der Waals surface area contributed by atoms with Crippen molar-refractivity contribution in [1.82, 2.24) is 9.88 Å². The Bertz CT molecular complexity index is 1350. The van der Waals surface area contributed by atoms with Crippen molar-refractivity contribution >= 4 is 33.1 Å². The summed E-state index contributed by atoms with van der Waals surface area (Å²) in [5.74, 6) is 0.297. The number of rotatable bonds is 8. The van der Waals surface area contributed by atoms with Gasteiger partial charge in [-0.25, -0.2) is 4.98 Å². The molecule has 8 heteroatoms. The highest BCUT2D eigenvalue weighted by Gasteiger charge is 2.22. The zero-order chi connectivity index (χ0) is 25.1. The predicted octanol–water partition coefficient (Wildman–Crippen LogP) is 3.93. The molecule has 1 amide bonds. The van der Waals surface area contributed by atoms with Crippen molar-refractivity contribution in [3.05, 3.63) is 77.3 Å². The minimum absolute atomic E-state index is 0.238. The van der Waals surface area contributed by atoms with E-state index in [-0.39, 0.29) is 6.61 Å². The van der Waals surface area contributed by atoms with Gasteiger partial charge >= 0.3 is 0 Å². The molecule has 1 aliphatic rings. The summed E-state index contributed by atoms with van der Waals surface area (Å²) in [5.41, 5.74) is 10.1. The highest BCUT2D eigenvalue weighted by atomic mass is 32.1. The number of hydrogen-bond donors (Lipinski definition) is 2. The van der Waals surface area contributed by atoms with E-state index in [1.165, 1.54) is 0 Å². The Morgan fingerprint density at radius 2 is 1.86 bits per heavy atom. The molecule has 36 heavy (non-hydrogen) atoms. The number of aryl methyl sites for hydroxylation is 1. The zero-order valence-corrected chi connectivity index (χ0v) is 21.1. The van der Waals surface area contributed by atoms with E-state index < -0.39 is 12.0 Å². The van der Waals surface area contributed by atoms with Crippen molar-refractivity contribution in [1.29, 1.82) is 0 Å². The van der Waals surface area contributed by atoms with Crippen LogP contribution in [0.3, 0.4) is 0 Å². The first-order chi connectivity index (χ1) is 17.5. The molecule has 1 aliphatic heterocycles. The number of carbonyl (C=O) groups excluding carboxylic acids is 1. The van der Waals surface area contributed by atoms with Crippen LogP contribution in [0, 0.1) is 6.92 Å². The molecule has 1 fully saturated rings. The number of thiazole rings is 1.